The van der Waals surface area contributed by atoms with Crippen molar-refractivity contribution >= 4 is 34.3 Å². The van der Waals surface area contributed by atoms with Crippen molar-refractivity contribution < 1.29 is 9.15 Å². The molecule has 0 spiro atoms. The summed E-state index contributed by atoms with van der Waals surface area (Å²) in [6.45, 7) is 4.46. The number of rotatable bonds is 10. The van der Waals surface area contributed by atoms with Gasteiger partial charge in [-0.1, -0.05) is 23.7 Å². The number of hydrogen-bond acceptors (Lipinski definition) is 5. The molecule has 2 aromatic heterocycles. The van der Waals surface area contributed by atoms with Gasteiger partial charge in [0, 0.05) is 34.4 Å². The maximum Gasteiger partial charge on any atom is 0.138 e. The zero-order chi connectivity index (χ0) is 21.5. The highest BCUT2D eigenvalue weighted by Gasteiger charge is 2.15. The molecule has 6 heteroatoms. The number of benzene rings is 2. The molecule has 2 heterocycles. The predicted octanol–water partition coefficient (Wildman–Crippen LogP) is 6.64. The van der Waals surface area contributed by atoms with Gasteiger partial charge in [0.2, 0.25) is 0 Å². The number of ether oxygens (including phenoxy) is 1. The van der Waals surface area contributed by atoms with Crippen LogP contribution in [0.15, 0.2) is 76.3 Å². The number of nitrogens with one attached hydrogen (secondary N) is 1. The van der Waals surface area contributed by atoms with Crippen LogP contribution in [0.3, 0.4) is 0 Å². The van der Waals surface area contributed by atoms with Gasteiger partial charge >= 0.3 is 0 Å². The second kappa shape index (κ2) is 10.7. The van der Waals surface area contributed by atoms with Crippen LogP contribution < -0.4 is 10.1 Å². The molecule has 0 radical (unpaired) electrons. The second-order valence-corrected chi connectivity index (χ2v) is 8.75. The normalized spacial score (nSPS) is 11.2. The van der Waals surface area contributed by atoms with Gasteiger partial charge in [0.15, 0.2) is 0 Å². The molecule has 4 aromatic rings. The lowest BCUT2D eigenvalue weighted by atomic mass is 10.1. The highest BCUT2D eigenvalue weighted by molar-refractivity contribution is 7.98. The third-order valence-electron chi connectivity index (χ3n) is 5.01. The van der Waals surface area contributed by atoms with Crippen molar-refractivity contribution in [3.05, 3.63) is 88.9 Å². The van der Waals surface area contributed by atoms with Crippen molar-refractivity contribution in [2.45, 2.75) is 30.5 Å². The van der Waals surface area contributed by atoms with Crippen molar-refractivity contribution in [3.63, 3.8) is 0 Å². The van der Waals surface area contributed by atoms with E-state index in [0.29, 0.717) is 6.61 Å². The molecule has 0 aliphatic carbocycles. The number of fused-ring (bicyclic) bond motifs is 1. The summed E-state index contributed by atoms with van der Waals surface area (Å²) in [7, 11) is 0. The van der Waals surface area contributed by atoms with Crippen molar-refractivity contribution in [2.75, 3.05) is 13.2 Å². The van der Waals surface area contributed by atoms with Crippen LogP contribution in [0.4, 0.5) is 0 Å². The number of hydrogen-bond donors (Lipinski definition) is 1. The van der Waals surface area contributed by atoms with Gasteiger partial charge in [-0.25, -0.2) is 0 Å². The van der Waals surface area contributed by atoms with Gasteiger partial charge in [0.25, 0.3) is 0 Å². The first-order valence-corrected chi connectivity index (χ1v) is 11.7. The first-order valence-electron chi connectivity index (χ1n) is 10.3. The standard InChI is InChI=1S/C25H25ClN2O2S/c1-18-24(17-31-21-10-8-20(26)9-11-21)30-23-7-2-6-22(25(18)23)29-14-4-13-28-16-19-5-3-12-27-15-19/h2-3,5-12,15,28H,4,13-14,16-17H2,1H3. The van der Waals surface area contributed by atoms with Crippen LogP contribution in [-0.2, 0) is 12.3 Å². The summed E-state index contributed by atoms with van der Waals surface area (Å²) in [5.41, 5.74) is 3.20. The maximum absolute atomic E-state index is 6.13. The SMILES string of the molecule is Cc1c(CSc2ccc(Cl)cc2)oc2cccc(OCCCNCc3cccnc3)c12. The molecular formula is C25H25ClN2O2S. The van der Waals surface area contributed by atoms with Gasteiger partial charge < -0.3 is 14.5 Å². The molecule has 0 saturated carbocycles. The highest BCUT2D eigenvalue weighted by Crippen LogP contribution is 2.36. The van der Waals surface area contributed by atoms with Crippen LogP contribution in [0.2, 0.25) is 5.02 Å². The summed E-state index contributed by atoms with van der Waals surface area (Å²) < 4.78 is 12.2. The van der Waals surface area contributed by atoms with E-state index >= 15 is 0 Å². The molecule has 4 nitrogen and oxygen atoms in total. The fraction of sp³-hybridized carbons (Fsp3) is 0.240. The monoisotopic (exact) mass is 452 g/mol. The van der Waals surface area contributed by atoms with E-state index in [1.54, 1.807) is 18.0 Å². The first kappa shape index (κ1) is 21.8. The molecule has 0 fully saturated rings. The van der Waals surface area contributed by atoms with Crippen LogP contribution in [0.25, 0.3) is 11.0 Å². The Kier molecular flexibility index (Phi) is 7.52. The van der Waals surface area contributed by atoms with Crippen LogP contribution in [0.5, 0.6) is 5.75 Å². The van der Waals surface area contributed by atoms with Crippen molar-refractivity contribution in [2.24, 2.45) is 0 Å². The summed E-state index contributed by atoms with van der Waals surface area (Å²) >= 11 is 7.71. The molecule has 0 bridgehead atoms. The Hall–Kier alpha value is -2.47. The largest absolute Gasteiger partial charge is 0.493 e. The van der Waals surface area contributed by atoms with E-state index in [2.05, 4.69) is 23.3 Å². The number of halogens is 1. The highest BCUT2D eigenvalue weighted by atomic mass is 35.5. The van der Waals surface area contributed by atoms with Crippen molar-refractivity contribution in [3.8, 4) is 5.75 Å². The van der Waals surface area contributed by atoms with E-state index in [9.17, 15) is 0 Å². The lowest BCUT2D eigenvalue weighted by molar-refractivity contribution is 0.311. The molecule has 0 aliphatic heterocycles. The minimum atomic E-state index is 0.651. The van der Waals surface area contributed by atoms with Gasteiger partial charge in [0.05, 0.1) is 17.7 Å². The zero-order valence-electron chi connectivity index (χ0n) is 17.4. The van der Waals surface area contributed by atoms with Crippen LogP contribution in [0.1, 0.15) is 23.3 Å². The summed E-state index contributed by atoms with van der Waals surface area (Å²) in [5, 5.41) is 5.24. The summed E-state index contributed by atoms with van der Waals surface area (Å²) in [4.78, 5) is 5.30. The fourth-order valence-electron chi connectivity index (χ4n) is 3.37. The van der Waals surface area contributed by atoms with Crippen LogP contribution in [0, 0.1) is 6.92 Å². The van der Waals surface area contributed by atoms with E-state index < -0.39 is 0 Å². The van der Waals surface area contributed by atoms with Crippen molar-refractivity contribution in [1.82, 2.24) is 10.3 Å². The molecule has 0 amide bonds. The van der Waals surface area contributed by atoms with Gasteiger partial charge in [0.1, 0.15) is 17.1 Å². The predicted molar refractivity (Wildman–Crippen MR) is 128 cm³/mol. The van der Waals surface area contributed by atoms with Gasteiger partial charge in [-0.2, -0.15) is 0 Å². The Labute approximate surface area is 192 Å². The number of thioether (sulfide) groups is 1. The van der Waals surface area contributed by atoms with Gasteiger partial charge in [-0.05, 0) is 67.9 Å². The van der Waals surface area contributed by atoms with Crippen molar-refractivity contribution in [1.29, 1.82) is 0 Å². The molecular weight excluding hydrogens is 428 g/mol. The molecule has 160 valence electrons. The lowest BCUT2D eigenvalue weighted by Gasteiger charge is -2.08. The van der Waals surface area contributed by atoms with Crippen LogP contribution >= 0.6 is 23.4 Å². The zero-order valence-corrected chi connectivity index (χ0v) is 19.0. The van der Waals surface area contributed by atoms with E-state index in [0.717, 1.165) is 58.3 Å². The molecule has 1 N–H and O–H groups in total. The number of aryl methyl sites for hydroxylation is 1. The van der Waals surface area contributed by atoms with Crippen LogP contribution in [-0.4, -0.2) is 18.1 Å². The summed E-state index contributed by atoms with van der Waals surface area (Å²) in [5.74, 6) is 2.62. The molecule has 0 aliphatic rings. The van der Waals surface area contributed by atoms with Gasteiger partial charge in [-0.3, -0.25) is 4.98 Å². The number of pyridine rings is 1. The first-order chi connectivity index (χ1) is 15.2. The van der Waals surface area contributed by atoms with E-state index in [4.69, 9.17) is 20.8 Å². The second-order valence-electron chi connectivity index (χ2n) is 7.26. The van der Waals surface area contributed by atoms with Gasteiger partial charge in [-0.15, -0.1) is 11.8 Å². The number of nitrogens with zero attached hydrogens (tertiary/aromatic N) is 1. The van der Waals surface area contributed by atoms with E-state index in [-0.39, 0.29) is 0 Å². The summed E-state index contributed by atoms with van der Waals surface area (Å²) in [6.07, 6.45) is 4.60. The quantitative estimate of drug-likeness (QED) is 0.216. The Bertz CT molecular complexity index is 1110. The Morgan fingerprint density at radius 3 is 2.77 bits per heavy atom. The minimum absolute atomic E-state index is 0.651. The molecule has 0 unspecified atom stereocenters. The Morgan fingerprint density at radius 1 is 1.10 bits per heavy atom. The third kappa shape index (κ3) is 5.82. The molecule has 31 heavy (non-hydrogen) atoms. The van der Waals surface area contributed by atoms with E-state index in [1.807, 2.05) is 54.7 Å². The molecule has 0 saturated heterocycles. The Morgan fingerprint density at radius 2 is 1.97 bits per heavy atom. The number of furan rings is 1. The average molecular weight is 453 g/mol. The third-order valence-corrected chi connectivity index (χ3v) is 6.27. The summed E-state index contributed by atoms with van der Waals surface area (Å²) in [6, 6.07) is 17.9. The lowest BCUT2D eigenvalue weighted by Crippen LogP contribution is -2.17. The average Bonchev–Trinajstić information content (AvgIpc) is 3.13. The minimum Gasteiger partial charge on any atom is -0.493 e. The number of aromatic nitrogens is 1. The molecule has 0 atom stereocenters. The van der Waals surface area contributed by atoms with E-state index in [1.165, 1.54) is 10.5 Å². The smallest absolute Gasteiger partial charge is 0.138 e. The fourth-order valence-corrected chi connectivity index (χ4v) is 4.39. The topological polar surface area (TPSA) is 47.3 Å². The molecule has 2 aromatic carbocycles. The maximum atomic E-state index is 6.13. The molecule has 4 rings (SSSR count). The Balaban J connectivity index is 1.32.